The summed E-state index contributed by atoms with van der Waals surface area (Å²) in [6.45, 7) is 5.39. The Kier molecular flexibility index (Phi) is 5.02. The molecular weight excluding hydrogens is 245 g/mol. The van der Waals surface area contributed by atoms with Gasteiger partial charge < -0.3 is 4.74 Å². The molecule has 1 aromatic carbocycles. The lowest BCUT2D eigenvalue weighted by Crippen LogP contribution is -2.18. The van der Waals surface area contributed by atoms with E-state index in [9.17, 15) is 13.2 Å². The van der Waals surface area contributed by atoms with Crippen LogP contribution in [0.3, 0.4) is 0 Å². The summed E-state index contributed by atoms with van der Waals surface area (Å²) in [7, 11) is 0. The standard InChI is InChI=1S/C13H17F3O2/c1-9(2)11-4-5-12(10(3)8-11)17-6-7-18-13(14,15)16/h4-5,8-9H,6-7H2,1-3H3. The second-order valence-electron chi connectivity index (χ2n) is 4.32. The average Bonchev–Trinajstić information content (AvgIpc) is 2.24. The van der Waals surface area contributed by atoms with E-state index in [0.717, 1.165) is 5.56 Å². The summed E-state index contributed by atoms with van der Waals surface area (Å²) >= 11 is 0. The predicted molar refractivity (Wildman–Crippen MR) is 62.8 cm³/mol. The second kappa shape index (κ2) is 6.09. The van der Waals surface area contributed by atoms with Gasteiger partial charge in [-0.25, -0.2) is 0 Å². The van der Waals surface area contributed by atoms with Gasteiger partial charge in [0.05, 0.1) is 6.61 Å². The van der Waals surface area contributed by atoms with Crippen LogP contribution >= 0.6 is 0 Å². The fourth-order valence-corrected chi connectivity index (χ4v) is 1.50. The molecule has 0 saturated carbocycles. The molecule has 0 N–H and O–H groups in total. The topological polar surface area (TPSA) is 18.5 Å². The van der Waals surface area contributed by atoms with Crippen LogP contribution in [0.25, 0.3) is 0 Å². The Hall–Kier alpha value is -1.23. The predicted octanol–water partition coefficient (Wildman–Crippen LogP) is 4.03. The number of rotatable bonds is 5. The molecule has 0 aliphatic rings. The molecule has 0 fully saturated rings. The average molecular weight is 262 g/mol. The van der Waals surface area contributed by atoms with Crippen LogP contribution < -0.4 is 4.74 Å². The SMILES string of the molecule is Cc1cc(C(C)C)ccc1OCCOC(F)(F)F. The van der Waals surface area contributed by atoms with Crippen LogP contribution in [0, 0.1) is 6.92 Å². The van der Waals surface area contributed by atoms with Crippen molar-refractivity contribution in [2.24, 2.45) is 0 Å². The quantitative estimate of drug-likeness (QED) is 0.746. The monoisotopic (exact) mass is 262 g/mol. The molecule has 5 heteroatoms. The molecule has 2 nitrogen and oxygen atoms in total. The van der Waals surface area contributed by atoms with E-state index in [1.54, 1.807) is 6.07 Å². The van der Waals surface area contributed by atoms with Crippen molar-refractivity contribution in [3.8, 4) is 5.75 Å². The molecule has 0 atom stereocenters. The number of ether oxygens (including phenoxy) is 2. The van der Waals surface area contributed by atoms with Crippen LogP contribution in [0.2, 0.25) is 0 Å². The summed E-state index contributed by atoms with van der Waals surface area (Å²) in [4.78, 5) is 0. The van der Waals surface area contributed by atoms with Gasteiger partial charge >= 0.3 is 6.36 Å². The highest BCUT2D eigenvalue weighted by atomic mass is 19.4. The van der Waals surface area contributed by atoms with Crippen LogP contribution in [-0.4, -0.2) is 19.6 Å². The Morgan fingerprint density at radius 3 is 2.33 bits per heavy atom. The maximum atomic E-state index is 11.7. The summed E-state index contributed by atoms with van der Waals surface area (Å²) in [5.41, 5.74) is 2.08. The molecule has 102 valence electrons. The second-order valence-corrected chi connectivity index (χ2v) is 4.32. The van der Waals surface area contributed by atoms with Crippen LogP contribution in [-0.2, 0) is 4.74 Å². The first kappa shape index (κ1) is 14.8. The number of aryl methyl sites for hydroxylation is 1. The minimum atomic E-state index is -4.60. The third-order valence-corrected chi connectivity index (χ3v) is 2.47. The fraction of sp³-hybridized carbons (Fsp3) is 0.538. The summed E-state index contributed by atoms with van der Waals surface area (Å²) < 4.78 is 44.0. The Morgan fingerprint density at radius 1 is 1.17 bits per heavy atom. The number of alkyl halides is 3. The first-order valence-corrected chi connectivity index (χ1v) is 5.73. The van der Waals surface area contributed by atoms with Gasteiger partial charge in [0.2, 0.25) is 0 Å². The number of hydrogen-bond donors (Lipinski definition) is 0. The molecular formula is C13H17F3O2. The van der Waals surface area contributed by atoms with Crippen LogP contribution in [0.4, 0.5) is 13.2 Å². The molecule has 0 radical (unpaired) electrons. The van der Waals surface area contributed by atoms with Crippen LogP contribution in [0.15, 0.2) is 18.2 Å². The lowest BCUT2D eigenvalue weighted by Gasteiger charge is -2.13. The largest absolute Gasteiger partial charge is 0.522 e. The summed E-state index contributed by atoms with van der Waals surface area (Å²) in [5, 5.41) is 0. The molecule has 0 aliphatic heterocycles. The van der Waals surface area contributed by atoms with Gasteiger partial charge in [0.15, 0.2) is 0 Å². The van der Waals surface area contributed by atoms with Crippen LogP contribution in [0.1, 0.15) is 30.9 Å². The van der Waals surface area contributed by atoms with Gasteiger partial charge in [0.25, 0.3) is 0 Å². The van der Waals surface area contributed by atoms with E-state index < -0.39 is 13.0 Å². The zero-order valence-corrected chi connectivity index (χ0v) is 10.7. The van der Waals surface area contributed by atoms with Gasteiger partial charge in [-0.1, -0.05) is 26.0 Å². The van der Waals surface area contributed by atoms with E-state index >= 15 is 0 Å². The maximum Gasteiger partial charge on any atom is 0.522 e. The Morgan fingerprint density at radius 2 is 1.83 bits per heavy atom. The van der Waals surface area contributed by atoms with E-state index in [4.69, 9.17) is 4.74 Å². The van der Waals surface area contributed by atoms with Gasteiger partial charge in [0, 0.05) is 0 Å². The van der Waals surface area contributed by atoms with Crippen molar-refractivity contribution in [3.63, 3.8) is 0 Å². The van der Waals surface area contributed by atoms with E-state index in [0.29, 0.717) is 11.7 Å². The van der Waals surface area contributed by atoms with E-state index in [-0.39, 0.29) is 6.61 Å². The van der Waals surface area contributed by atoms with Crippen molar-refractivity contribution >= 4 is 0 Å². The number of halogens is 3. The van der Waals surface area contributed by atoms with Gasteiger partial charge in [-0.2, -0.15) is 0 Å². The van der Waals surface area contributed by atoms with Crippen molar-refractivity contribution < 1.29 is 22.6 Å². The Labute approximate surface area is 105 Å². The smallest absolute Gasteiger partial charge is 0.491 e. The van der Waals surface area contributed by atoms with Crippen molar-refractivity contribution in [2.45, 2.75) is 33.1 Å². The minimum absolute atomic E-state index is 0.124. The normalized spacial score (nSPS) is 11.9. The van der Waals surface area contributed by atoms with Gasteiger partial charge in [-0.05, 0) is 30.0 Å². The lowest BCUT2D eigenvalue weighted by atomic mass is 10.0. The summed E-state index contributed by atoms with van der Waals surface area (Å²) in [5.74, 6) is 0.997. The van der Waals surface area contributed by atoms with Gasteiger partial charge in [-0.3, -0.25) is 4.74 Å². The molecule has 1 aromatic rings. The summed E-state index contributed by atoms with van der Waals surface area (Å²) in [6, 6.07) is 5.67. The third kappa shape index (κ3) is 4.96. The zero-order chi connectivity index (χ0) is 13.8. The number of benzene rings is 1. The highest BCUT2D eigenvalue weighted by Crippen LogP contribution is 2.23. The fourth-order valence-electron chi connectivity index (χ4n) is 1.50. The zero-order valence-electron chi connectivity index (χ0n) is 10.7. The molecule has 0 aliphatic carbocycles. The summed E-state index contributed by atoms with van der Waals surface area (Å²) in [6.07, 6.45) is -4.60. The molecule has 0 unspecified atom stereocenters. The first-order chi connectivity index (χ1) is 8.29. The van der Waals surface area contributed by atoms with Gasteiger partial charge in [0.1, 0.15) is 12.4 Å². The van der Waals surface area contributed by atoms with E-state index in [1.807, 2.05) is 19.1 Å². The Balaban J connectivity index is 2.48. The third-order valence-electron chi connectivity index (χ3n) is 2.47. The highest BCUT2D eigenvalue weighted by molar-refractivity contribution is 5.37. The lowest BCUT2D eigenvalue weighted by molar-refractivity contribution is -0.325. The molecule has 18 heavy (non-hydrogen) atoms. The van der Waals surface area contributed by atoms with Gasteiger partial charge in [-0.15, -0.1) is 13.2 Å². The molecule has 0 amide bonds. The Bertz CT molecular complexity index is 386. The van der Waals surface area contributed by atoms with Crippen molar-refractivity contribution in [1.82, 2.24) is 0 Å². The minimum Gasteiger partial charge on any atom is -0.491 e. The first-order valence-electron chi connectivity index (χ1n) is 5.73. The van der Waals surface area contributed by atoms with Crippen molar-refractivity contribution in [3.05, 3.63) is 29.3 Å². The molecule has 0 saturated heterocycles. The van der Waals surface area contributed by atoms with E-state index in [2.05, 4.69) is 18.6 Å². The molecule has 0 heterocycles. The molecule has 0 aromatic heterocycles. The molecule has 0 bridgehead atoms. The highest BCUT2D eigenvalue weighted by Gasteiger charge is 2.28. The number of hydrogen-bond acceptors (Lipinski definition) is 2. The molecule has 0 spiro atoms. The maximum absolute atomic E-state index is 11.7. The van der Waals surface area contributed by atoms with Crippen LogP contribution in [0.5, 0.6) is 5.75 Å². The van der Waals surface area contributed by atoms with Crippen molar-refractivity contribution in [2.75, 3.05) is 13.2 Å². The molecule has 1 rings (SSSR count). The van der Waals surface area contributed by atoms with E-state index in [1.165, 1.54) is 5.56 Å². The van der Waals surface area contributed by atoms with Crippen molar-refractivity contribution in [1.29, 1.82) is 0 Å².